The van der Waals surface area contributed by atoms with Crippen LogP contribution in [0.15, 0.2) is 42.5 Å². The Morgan fingerprint density at radius 3 is 2.32 bits per heavy atom. The molecular weight excluding hydrogens is 471 g/mol. The quantitative estimate of drug-likeness (QED) is 0.482. The lowest BCUT2D eigenvalue weighted by molar-refractivity contribution is -0.119. The fourth-order valence-corrected chi connectivity index (χ4v) is 4.54. The van der Waals surface area contributed by atoms with Gasteiger partial charge in [-0.3, -0.25) is 14.6 Å². The van der Waals surface area contributed by atoms with Gasteiger partial charge < -0.3 is 11.1 Å². The fourth-order valence-electron chi connectivity index (χ4n) is 4.22. The summed E-state index contributed by atoms with van der Waals surface area (Å²) in [6.45, 7) is 9.12. The zero-order valence-corrected chi connectivity index (χ0v) is 21.0. The normalized spacial score (nSPS) is 16.1. The monoisotopic (exact) mass is 500 g/mol. The summed E-state index contributed by atoms with van der Waals surface area (Å²) in [6, 6.07) is 13.1. The molecule has 7 nitrogen and oxygen atoms in total. The van der Waals surface area contributed by atoms with Gasteiger partial charge in [-0.15, -0.1) is 0 Å². The number of rotatable bonds is 8. The maximum absolute atomic E-state index is 12.0. The Bertz CT molecular complexity index is 1160. The number of nitrogens with one attached hydrogen (secondary N) is 1. The number of nitrogens with two attached hydrogens (primary N) is 1. The molecule has 34 heavy (non-hydrogen) atoms. The van der Waals surface area contributed by atoms with Gasteiger partial charge >= 0.3 is 0 Å². The van der Waals surface area contributed by atoms with Gasteiger partial charge in [-0.2, -0.15) is 0 Å². The molecule has 0 unspecified atom stereocenters. The summed E-state index contributed by atoms with van der Waals surface area (Å²) in [6.07, 6.45) is 0. The maximum Gasteiger partial charge on any atom is 0.240 e. The predicted octanol–water partition coefficient (Wildman–Crippen LogP) is 4.18. The molecule has 1 aromatic heterocycles. The third kappa shape index (κ3) is 5.96. The number of carbonyl (C=O) groups is 1. The van der Waals surface area contributed by atoms with E-state index in [0.29, 0.717) is 22.4 Å². The highest BCUT2D eigenvalue weighted by Gasteiger charge is 2.23. The molecule has 0 bridgehead atoms. The number of fused-ring (bicyclic) bond motifs is 1. The summed E-state index contributed by atoms with van der Waals surface area (Å²) >= 11 is 12.2. The molecule has 1 fully saturated rings. The lowest BCUT2D eigenvalue weighted by atomic mass is 10.0. The average molecular weight is 501 g/mol. The van der Waals surface area contributed by atoms with Gasteiger partial charge in [0.2, 0.25) is 5.91 Å². The fraction of sp³-hybridized carbons (Fsp3) is 0.400. The van der Waals surface area contributed by atoms with Crippen LogP contribution in [0.2, 0.25) is 10.0 Å². The van der Waals surface area contributed by atoms with Crippen LogP contribution in [0.3, 0.4) is 0 Å². The van der Waals surface area contributed by atoms with Crippen molar-refractivity contribution >= 4 is 45.8 Å². The first-order chi connectivity index (χ1) is 16.3. The number of nitrogens with zero attached hydrogens (tertiary/aromatic N) is 4. The van der Waals surface area contributed by atoms with E-state index in [1.54, 1.807) is 0 Å². The van der Waals surface area contributed by atoms with Crippen LogP contribution in [-0.2, 0) is 17.9 Å². The van der Waals surface area contributed by atoms with E-state index in [4.69, 9.17) is 38.9 Å². The van der Waals surface area contributed by atoms with Crippen LogP contribution in [0.1, 0.15) is 25.2 Å². The van der Waals surface area contributed by atoms with E-state index in [2.05, 4.69) is 15.1 Å². The summed E-state index contributed by atoms with van der Waals surface area (Å²) in [5.41, 5.74) is 7.63. The van der Waals surface area contributed by atoms with Crippen LogP contribution in [-0.4, -0.2) is 57.9 Å². The van der Waals surface area contributed by atoms with Crippen LogP contribution < -0.4 is 11.1 Å². The predicted molar refractivity (Wildman–Crippen MR) is 138 cm³/mol. The van der Waals surface area contributed by atoms with Crippen LogP contribution >= 0.6 is 23.2 Å². The Labute approximate surface area is 210 Å². The smallest absolute Gasteiger partial charge is 0.240 e. The number of para-hydroxylation sites is 1. The Hall–Kier alpha value is -2.45. The Morgan fingerprint density at radius 2 is 1.68 bits per heavy atom. The van der Waals surface area contributed by atoms with Gasteiger partial charge in [-0.25, -0.2) is 9.97 Å². The highest BCUT2D eigenvalue weighted by molar-refractivity contribution is 6.42. The third-order valence-electron chi connectivity index (χ3n) is 6.14. The van der Waals surface area contributed by atoms with Crippen molar-refractivity contribution in [2.45, 2.75) is 33.0 Å². The summed E-state index contributed by atoms with van der Waals surface area (Å²) < 4.78 is 0. The lowest BCUT2D eigenvalue weighted by Gasteiger charge is -2.34. The summed E-state index contributed by atoms with van der Waals surface area (Å²) in [5, 5.41) is 5.32. The first-order valence-corrected chi connectivity index (χ1v) is 12.3. The van der Waals surface area contributed by atoms with Gasteiger partial charge in [-0.1, -0.05) is 55.2 Å². The van der Waals surface area contributed by atoms with Gasteiger partial charge in [0.15, 0.2) is 0 Å². The van der Waals surface area contributed by atoms with Crippen molar-refractivity contribution in [3.05, 3.63) is 63.9 Å². The van der Waals surface area contributed by atoms with E-state index in [9.17, 15) is 4.79 Å². The molecule has 1 aliphatic rings. The molecule has 1 saturated heterocycles. The van der Waals surface area contributed by atoms with Crippen molar-refractivity contribution in [1.82, 2.24) is 19.8 Å². The highest BCUT2D eigenvalue weighted by Crippen LogP contribution is 2.25. The Morgan fingerprint density at radius 1 is 1.00 bits per heavy atom. The summed E-state index contributed by atoms with van der Waals surface area (Å²) in [5.74, 6) is 1.03. The first-order valence-electron chi connectivity index (χ1n) is 11.5. The summed E-state index contributed by atoms with van der Waals surface area (Å²) in [7, 11) is 0. The minimum absolute atomic E-state index is 0.0401. The van der Waals surface area contributed by atoms with E-state index in [1.165, 1.54) is 0 Å². The SMILES string of the molecule is CC(C)[C@H](Nc1nc(CN2CCN(Cc3ccc(Cl)c(Cl)c3)CC2)nc2ccccc12)C(N)=O. The van der Waals surface area contributed by atoms with E-state index >= 15 is 0 Å². The van der Waals surface area contributed by atoms with Crippen molar-refractivity contribution in [3.63, 3.8) is 0 Å². The van der Waals surface area contributed by atoms with E-state index < -0.39 is 11.9 Å². The number of benzene rings is 2. The molecule has 1 aliphatic heterocycles. The zero-order valence-electron chi connectivity index (χ0n) is 19.5. The number of halogens is 2. The second-order valence-corrected chi connectivity index (χ2v) is 9.89. The Kier molecular flexibility index (Phi) is 7.88. The molecule has 0 radical (unpaired) electrons. The van der Waals surface area contributed by atoms with Crippen molar-refractivity contribution in [3.8, 4) is 0 Å². The van der Waals surface area contributed by atoms with Crippen molar-refractivity contribution in [2.75, 3.05) is 31.5 Å². The minimum Gasteiger partial charge on any atom is -0.368 e. The van der Waals surface area contributed by atoms with E-state index in [1.807, 2.05) is 56.3 Å². The van der Waals surface area contributed by atoms with Crippen LogP contribution in [0.4, 0.5) is 5.82 Å². The van der Waals surface area contributed by atoms with Crippen molar-refractivity contribution in [2.24, 2.45) is 11.7 Å². The Balaban J connectivity index is 1.44. The van der Waals surface area contributed by atoms with Gasteiger partial charge in [0.1, 0.15) is 17.7 Å². The standard InChI is InChI=1S/C25H30Cl2N6O/c1-16(2)23(24(28)34)31-25-18-5-3-4-6-21(18)29-22(30-25)15-33-11-9-32(10-12-33)14-17-7-8-19(26)20(27)13-17/h3-8,13,16,23H,9-12,14-15H2,1-2H3,(H2,28,34)(H,29,30,31)/t23-/m0/s1. The van der Waals surface area contributed by atoms with Crippen LogP contribution in [0, 0.1) is 5.92 Å². The molecule has 1 amide bonds. The average Bonchev–Trinajstić information content (AvgIpc) is 2.80. The molecule has 0 spiro atoms. The molecule has 3 N–H and O–H groups in total. The maximum atomic E-state index is 12.0. The number of hydrogen-bond donors (Lipinski definition) is 2. The highest BCUT2D eigenvalue weighted by atomic mass is 35.5. The molecule has 180 valence electrons. The van der Waals surface area contributed by atoms with Crippen molar-refractivity contribution in [1.29, 1.82) is 0 Å². The number of hydrogen-bond acceptors (Lipinski definition) is 6. The first kappa shape index (κ1) is 24.7. The van der Waals surface area contributed by atoms with E-state index in [-0.39, 0.29) is 5.92 Å². The topological polar surface area (TPSA) is 87.4 Å². The third-order valence-corrected chi connectivity index (χ3v) is 6.87. The van der Waals surface area contributed by atoms with Crippen LogP contribution in [0.5, 0.6) is 0 Å². The van der Waals surface area contributed by atoms with Gasteiger partial charge in [0.25, 0.3) is 0 Å². The molecule has 0 saturated carbocycles. The zero-order chi connectivity index (χ0) is 24.2. The molecule has 1 atom stereocenters. The molecule has 4 rings (SSSR count). The molecule has 3 aromatic rings. The largest absolute Gasteiger partial charge is 0.368 e. The number of anilines is 1. The van der Waals surface area contributed by atoms with Gasteiger partial charge in [0.05, 0.1) is 22.1 Å². The number of piperazine rings is 1. The minimum atomic E-state index is -0.504. The second kappa shape index (κ2) is 10.9. The lowest BCUT2D eigenvalue weighted by Crippen LogP contribution is -2.45. The molecule has 9 heteroatoms. The molecule has 2 heterocycles. The number of primary amides is 1. The number of amides is 1. The summed E-state index contributed by atoms with van der Waals surface area (Å²) in [4.78, 5) is 26.3. The number of aromatic nitrogens is 2. The van der Waals surface area contributed by atoms with Gasteiger partial charge in [-0.05, 0) is 35.7 Å². The van der Waals surface area contributed by atoms with Crippen molar-refractivity contribution < 1.29 is 4.79 Å². The van der Waals surface area contributed by atoms with Crippen LogP contribution in [0.25, 0.3) is 10.9 Å². The molecular formula is C25H30Cl2N6O. The number of carbonyl (C=O) groups excluding carboxylic acids is 1. The molecule has 2 aromatic carbocycles. The second-order valence-electron chi connectivity index (χ2n) is 9.07. The van der Waals surface area contributed by atoms with E-state index in [0.717, 1.165) is 55.0 Å². The molecule has 0 aliphatic carbocycles. The van der Waals surface area contributed by atoms with Gasteiger partial charge in [0, 0.05) is 38.1 Å².